The maximum absolute atomic E-state index is 12.0. The lowest BCUT2D eigenvalue weighted by Crippen LogP contribution is -2.01. The van der Waals surface area contributed by atoms with Crippen LogP contribution in [0.4, 0.5) is 5.69 Å². The minimum absolute atomic E-state index is 0.204. The lowest BCUT2D eigenvalue weighted by Gasteiger charge is -2.01. The Hall–Kier alpha value is -1.07. The van der Waals surface area contributed by atoms with Gasteiger partial charge in [0, 0.05) is 15.7 Å². The molecular weight excluding hydrogens is 338 g/mol. The van der Waals surface area contributed by atoms with Crippen LogP contribution in [-0.4, -0.2) is 5.78 Å². The fourth-order valence-electron chi connectivity index (χ4n) is 1.33. The van der Waals surface area contributed by atoms with E-state index in [2.05, 4.69) is 31.9 Å². The lowest BCUT2D eigenvalue weighted by atomic mass is 10.1. The van der Waals surface area contributed by atoms with Gasteiger partial charge in [0.25, 0.3) is 0 Å². The van der Waals surface area contributed by atoms with Gasteiger partial charge >= 0.3 is 0 Å². The van der Waals surface area contributed by atoms with Crippen LogP contribution in [0.25, 0.3) is 0 Å². The van der Waals surface area contributed by atoms with Crippen LogP contribution in [-0.2, 0) is 0 Å². The van der Waals surface area contributed by atoms with Gasteiger partial charge in [-0.05, 0) is 40.2 Å². The summed E-state index contributed by atoms with van der Waals surface area (Å²) in [5, 5.41) is 0. The Kier molecular flexibility index (Phi) is 3.16. The Morgan fingerprint density at radius 3 is 2.56 bits per heavy atom. The number of rotatable bonds is 2. The van der Waals surface area contributed by atoms with Crippen LogP contribution in [0.3, 0.4) is 0 Å². The van der Waals surface area contributed by atoms with Gasteiger partial charge in [0.2, 0.25) is 5.78 Å². The number of nitrogens with two attached hydrogens (primary N) is 1. The van der Waals surface area contributed by atoms with Crippen molar-refractivity contribution in [1.82, 2.24) is 0 Å². The minimum Gasteiger partial charge on any atom is -0.460 e. The van der Waals surface area contributed by atoms with Gasteiger partial charge in [-0.15, -0.1) is 0 Å². The highest BCUT2D eigenvalue weighted by atomic mass is 79.9. The number of anilines is 1. The first-order valence-corrected chi connectivity index (χ1v) is 6.00. The van der Waals surface area contributed by atoms with Gasteiger partial charge in [0.15, 0.2) is 5.76 Å². The van der Waals surface area contributed by atoms with E-state index in [1.807, 2.05) is 0 Å². The highest BCUT2D eigenvalue weighted by Gasteiger charge is 2.16. The molecule has 3 nitrogen and oxygen atoms in total. The second-order valence-corrected chi connectivity index (χ2v) is 4.97. The Morgan fingerprint density at radius 2 is 2.00 bits per heavy atom. The van der Waals surface area contributed by atoms with E-state index in [9.17, 15) is 4.79 Å². The molecule has 0 aliphatic heterocycles. The van der Waals surface area contributed by atoms with Crippen LogP contribution in [0.5, 0.6) is 0 Å². The largest absolute Gasteiger partial charge is 0.460 e. The second kappa shape index (κ2) is 4.43. The summed E-state index contributed by atoms with van der Waals surface area (Å²) in [4.78, 5) is 12.0. The summed E-state index contributed by atoms with van der Waals surface area (Å²) >= 11 is 6.53. The van der Waals surface area contributed by atoms with Crippen molar-refractivity contribution in [3.05, 3.63) is 50.8 Å². The van der Waals surface area contributed by atoms with Crippen molar-refractivity contribution in [2.24, 2.45) is 0 Å². The number of halogens is 2. The predicted octanol–water partition coefficient (Wildman–Crippen LogP) is 3.62. The standard InChI is InChI=1S/C11H7Br2NO2/c12-7-3-6(4-8(14)5-7)10(15)11-9(13)1-2-16-11/h1-5H,14H2. The fraction of sp³-hybridized carbons (Fsp3) is 0. The third-order valence-electron chi connectivity index (χ3n) is 2.01. The highest BCUT2D eigenvalue weighted by Crippen LogP contribution is 2.24. The molecule has 0 spiro atoms. The van der Waals surface area contributed by atoms with Gasteiger partial charge in [0.1, 0.15) is 0 Å². The quantitative estimate of drug-likeness (QED) is 0.668. The molecule has 2 rings (SSSR count). The molecule has 16 heavy (non-hydrogen) atoms. The van der Waals surface area contributed by atoms with Crippen molar-refractivity contribution in [2.75, 3.05) is 5.73 Å². The first kappa shape index (κ1) is 11.4. The average Bonchev–Trinajstić information content (AvgIpc) is 2.62. The topological polar surface area (TPSA) is 56.2 Å². The molecule has 2 N–H and O–H groups in total. The molecule has 0 saturated heterocycles. The van der Waals surface area contributed by atoms with Gasteiger partial charge < -0.3 is 10.2 Å². The molecule has 2 aromatic rings. The van der Waals surface area contributed by atoms with Crippen molar-refractivity contribution in [3.63, 3.8) is 0 Å². The van der Waals surface area contributed by atoms with Gasteiger partial charge in [-0.1, -0.05) is 15.9 Å². The van der Waals surface area contributed by atoms with Crippen LogP contribution >= 0.6 is 31.9 Å². The van der Waals surface area contributed by atoms with E-state index >= 15 is 0 Å². The molecule has 0 atom stereocenters. The zero-order chi connectivity index (χ0) is 11.7. The highest BCUT2D eigenvalue weighted by molar-refractivity contribution is 9.10. The summed E-state index contributed by atoms with van der Waals surface area (Å²) in [6.07, 6.45) is 1.46. The van der Waals surface area contributed by atoms with E-state index in [0.29, 0.717) is 15.7 Å². The molecule has 1 aromatic carbocycles. The van der Waals surface area contributed by atoms with Gasteiger partial charge in [-0.3, -0.25) is 4.79 Å². The van der Waals surface area contributed by atoms with E-state index in [0.717, 1.165) is 4.47 Å². The molecule has 1 heterocycles. The fourth-order valence-corrected chi connectivity index (χ4v) is 2.22. The number of ketones is 1. The van der Waals surface area contributed by atoms with Crippen molar-refractivity contribution >= 4 is 43.3 Å². The third-order valence-corrected chi connectivity index (χ3v) is 3.09. The molecule has 1 aromatic heterocycles. The molecule has 0 aliphatic rings. The van der Waals surface area contributed by atoms with Crippen molar-refractivity contribution in [2.45, 2.75) is 0 Å². The number of hydrogen-bond donors (Lipinski definition) is 1. The lowest BCUT2D eigenvalue weighted by molar-refractivity contribution is 0.101. The molecule has 0 bridgehead atoms. The van der Waals surface area contributed by atoms with Crippen LogP contribution in [0.1, 0.15) is 16.1 Å². The van der Waals surface area contributed by atoms with Crippen LogP contribution < -0.4 is 5.73 Å². The van der Waals surface area contributed by atoms with E-state index in [-0.39, 0.29) is 11.5 Å². The number of benzene rings is 1. The Balaban J connectivity index is 2.45. The minimum atomic E-state index is -0.204. The molecule has 0 amide bonds. The van der Waals surface area contributed by atoms with Crippen LogP contribution in [0, 0.1) is 0 Å². The first-order chi connectivity index (χ1) is 7.58. The van der Waals surface area contributed by atoms with E-state index < -0.39 is 0 Å². The molecule has 5 heteroatoms. The van der Waals surface area contributed by atoms with Gasteiger partial charge in [-0.2, -0.15) is 0 Å². The summed E-state index contributed by atoms with van der Waals surface area (Å²) in [5.41, 5.74) is 6.68. The Labute approximate surface area is 109 Å². The maximum Gasteiger partial charge on any atom is 0.229 e. The summed E-state index contributed by atoms with van der Waals surface area (Å²) in [5.74, 6) is 0.0716. The van der Waals surface area contributed by atoms with Gasteiger partial charge in [-0.25, -0.2) is 0 Å². The second-order valence-electron chi connectivity index (χ2n) is 3.20. The average molecular weight is 345 g/mol. The molecule has 0 radical (unpaired) electrons. The zero-order valence-corrected chi connectivity index (χ0v) is 11.2. The predicted molar refractivity (Wildman–Crippen MR) is 68.4 cm³/mol. The smallest absolute Gasteiger partial charge is 0.229 e. The molecule has 0 aliphatic carbocycles. The Bertz CT molecular complexity index is 528. The molecule has 82 valence electrons. The van der Waals surface area contributed by atoms with E-state index in [1.165, 1.54) is 6.26 Å². The molecule has 0 saturated carbocycles. The van der Waals surface area contributed by atoms with Crippen molar-refractivity contribution < 1.29 is 9.21 Å². The number of furan rings is 1. The third kappa shape index (κ3) is 2.20. The van der Waals surface area contributed by atoms with Crippen molar-refractivity contribution in [3.8, 4) is 0 Å². The summed E-state index contributed by atoms with van der Waals surface area (Å²) < 4.78 is 6.51. The summed E-state index contributed by atoms with van der Waals surface area (Å²) in [6.45, 7) is 0. The Morgan fingerprint density at radius 1 is 1.25 bits per heavy atom. The van der Waals surface area contributed by atoms with Gasteiger partial charge in [0.05, 0.1) is 10.7 Å². The van der Waals surface area contributed by atoms with E-state index in [1.54, 1.807) is 24.3 Å². The molecule has 0 unspecified atom stereocenters. The number of carbonyl (C=O) groups is 1. The first-order valence-electron chi connectivity index (χ1n) is 4.41. The summed E-state index contributed by atoms with van der Waals surface area (Å²) in [6, 6.07) is 6.72. The molecule has 0 fully saturated rings. The number of carbonyl (C=O) groups excluding carboxylic acids is 1. The zero-order valence-electron chi connectivity index (χ0n) is 8.04. The van der Waals surface area contributed by atoms with Crippen LogP contribution in [0.2, 0.25) is 0 Å². The van der Waals surface area contributed by atoms with Crippen LogP contribution in [0.15, 0.2) is 43.9 Å². The monoisotopic (exact) mass is 343 g/mol. The molecular formula is C11H7Br2NO2. The normalized spacial score (nSPS) is 10.4. The maximum atomic E-state index is 12.0. The summed E-state index contributed by atoms with van der Waals surface area (Å²) in [7, 11) is 0. The van der Waals surface area contributed by atoms with E-state index in [4.69, 9.17) is 10.2 Å². The van der Waals surface area contributed by atoms with Crippen molar-refractivity contribution in [1.29, 1.82) is 0 Å². The SMILES string of the molecule is Nc1cc(Br)cc(C(=O)c2occc2Br)c1. The number of nitrogen functional groups attached to an aromatic ring is 1. The number of hydrogen-bond acceptors (Lipinski definition) is 3.